The minimum absolute atomic E-state index is 0.0825. The van der Waals surface area contributed by atoms with Crippen molar-refractivity contribution in [2.24, 2.45) is 5.41 Å². The molecular weight excluding hydrogens is 324 g/mol. The van der Waals surface area contributed by atoms with Crippen LogP contribution in [0.3, 0.4) is 0 Å². The minimum atomic E-state index is -0.465. The molecule has 1 aromatic rings. The number of allylic oxidation sites excluding steroid dienone is 1. The number of nitrogens with one attached hydrogen (secondary N) is 2. The number of anilines is 1. The second-order valence-corrected chi connectivity index (χ2v) is 8.02. The molecule has 130 valence electrons. The van der Waals surface area contributed by atoms with Gasteiger partial charge in [0.05, 0.1) is 13.2 Å². The van der Waals surface area contributed by atoms with Gasteiger partial charge in [0.25, 0.3) is 0 Å². The van der Waals surface area contributed by atoms with E-state index in [1.54, 1.807) is 0 Å². The fourth-order valence-corrected chi connectivity index (χ4v) is 3.65. The zero-order valence-corrected chi connectivity index (χ0v) is 15.5. The first kappa shape index (κ1) is 18.4. The van der Waals surface area contributed by atoms with Crippen molar-refractivity contribution in [1.82, 2.24) is 5.32 Å². The molecule has 0 bridgehead atoms. The van der Waals surface area contributed by atoms with Crippen molar-refractivity contribution >= 4 is 29.4 Å². The van der Waals surface area contributed by atoms with E-state index in [0.717, 1.165) is 10.5 Å². The molecule has 1 aromatic carbocycles. The summed E-state index contributed by atoms with van der Waals surface area (Å²) in [7, 11) is 1.36. The summed E-state index contributed by atoms with van der Waals surface area (Å²) in [5, 5.41) is 5.18. The van der Waals surface area contributed by atoms with Crippen LogP contribution in [0.15, 0.2) is 35.2 Å². The van der Waals surface area contributed by atoms with Crippen molar-refractivity contribution in [3.05, 3.63) is 40.8 Å². The van der Waals surface area contributed by atoms with Gasteiger partial charge in [0.1, 0.15) is 5.25 Å². The third-order valence-corrected chi connectivity index (χ3v) is 5.43. The van der Waals surface area contributed by atoms with Crippen molar-refractivity contribution in [3.8, 4) is 0 Å². The van der Waals surface area contributed by atoms with Gasteiger partial charge in [0.2, 0.25) is 0 Å². The average Bonchev–Trinajstić information content (AvgIpc) is 2.92. The van der Waals surface area contributed by atoms with Crippen LogP contribution in [0, 0.1) is 12.3 Å². The molecule has 24 heavy (non-hydrogen) atoms. The molecule has 0 aliphatic carbocycles. The van der Waals surface area contributed by atoms with E-state index in [9.17, 15) is 9.59 Å². The van der Waals surface area contributed by atoms with Crippen molar-refractivity contribution in [3.63, 3.8) is 0 Å². The lowest BCUT2D eigenvalue weighted by atomic mass is 9.94. The maximum atomic E-state index is 12.3. The van der Waals surface area contributed by atoms with Crippen molar-refractivity contribution in [2.75, 3.05) is 12.4 Å². The molecule has 0 saturated heterocycles. The Morgan fingerprint density at radius 3 is 2.33 bits per heavy atom. The molecule has 2 amide bonds. The highest BCUT2D eigenvalue weighted by Gasteiger charge is 2.39. The topological polar surface area (TPSA) is 67.4 Å². The van der Waals surface area contributed by atoms with Crippen LogP contribution in [0.5, 0.6) is 0 Å². The highest BCUT2D eigenvalue weighted by Crippen LogP contribution is 2.43. The van der Waals surface area contributed by atoms with Gasteiger partial charge in [-0.1, -0.05) is 44.5 Å². The zero-order chi connectivity index (χ0) is 17.9. The minimum Gasteiger partial charge on any atom is -0.468 e. The summed E-state index contributed by atoms with van der Waals surface area (Å²) in [6.07, 6.45) is 1.95. The number of thioether (sulfide) groups is 1. The fourth-order valence-electron chi connectivity index (χ4n) is 2.31. The Hall–Kier alpha value is -1.95. The predicted octanol–water partition coefficient (Wildman–Crippen LogP) is 3.70. The monoisotopic (exact) mass is 348 g/mol. The van der Waals surface area contributed by atoms with Crippen molar-refractivity contribution in [2.45, 2.75) is 39.0 Å². The summed E-state index contributed by atoms with van der Waals surface area (Å²) in [6.45, 7) is 8.22. The largest absolute Gasteiger partial charge is 0.468 e. The molecule has 1 aliphatic heterocycles. The first-order valence-corrected chi connectivity index (χ1v) is 8.69. The van der Waals surface area contributed by atoms with Gasteiger partial charge in [-0.25, -0.2) is 4.79 Å². The van der Waals surface area contributed by atoms with Crippen LogP contribution in [-0.2, 0) is 9.53 Å². The number of carbonyl (C=O) groups is 2. The maximum Gasteiger partial charge on any atom is 0.321 e. The Morgan fingerprint density at radius 1 is 1.17 bits per heavy atom. The normalized spacial score (nSPS) is 20.3. The molecular formula is C18H24N2O3S. The summed E-state index contributed by atoms with van der Waals surface area (Å²) >= 11 is 1.45. The molecule has 2 rings (SSSR count). The molecule has 0 radical (unpaired) electrons. The van der Waals surface area contributed by atoms with Gasteiger partial charge in [0.15, 0.2) is 0 Å². The lowest BCUT2D eigenvalue weighted by molar-refractivity contribution is -0.140. The first-order valence-electron chi connectivity index (χ1n) is 7.81. The number of hydrogen-bond donors (Lipinski definition) is 2. The highest BCUT2D eigenvalue weighted by molar-refractivity contribution is 8.04. The molecule has 2 atom stereocenters. The van der Waals surface area contributed by atoms with Crippen LogP contribution in [-0.4, -0.2) is 30.4 Å². The second kappa shape index (κ2) is 7.30. The van der Waals surface area contributed by atoms with E-state index < -0.39 is 11.3 Å². The Bertz CT molecular complexity index is 647. The average molecular weight is 348 g/mol. The molecule has 0 spiro atoms. The Kier molecular flexibility index (Phi) is 5.59. The van der Waals surface area contributed by atoms with Gasteiger partial charge >= 0.3 is 12.0 Å². The number of urea groups is 1. The Labute approximate surface area is 147 Å². The zero-order valence-electron chi connectivity index (χ0n) is 14.7. The molecule has 0 saturated carbocycles. The van der Waals surface area contributed by atoms with Crippen LogP contribution < -0.4 is 10.6 Å². The number of amides is 2. The number of carbonyl (C=O) groups excluding carboxylic acids is 2. The standard InChI is InChI=1S/C18H24N2O3S/c1-11-6-8-12(9-7-11)19-17(22)20-13-10-14(18(2,3)4)24-15(13)16(21)23-5/h6-10,13,15H,1-5H3,(H2,19,20,22). The Balaban J connectivity index is 2.08. The molecule has 2 N–H and O–H groups in total. The Morgan fingerprint density at radius 2 is 1.79 bits per heavy atom. The van der Waals surface area contributed by atoms with E-state index in [0.29, 0.717) is 5.69 Å². The molecule has 5 nitrogen and oxygen atoms in total. The van der Waals surface area contributed by atoms with Gasteiger partial charge < -0.3 is 15.4 Å². The number of esters is 1. The number of methoxy groups -OCH3 is 1. The summed E-state index contributed by atoms with van der Waals surface area (Å²) in [5.41, 5.74) is 1.75. The van der Waals surface area contributed by atoms with E-state index in [-0.39, 0.29) is 17.4 Å². The highest BCUT2D eigenvalue weighted by atomic mass is 32.2. The first-order chi connectivity index (χ1) is 11.2. The number of rotatable bonds is 3. The van der Waals surface area contributed by atoms with Crippen LogP contribution in [0.1, 0.15) is 26.3 Å². The molecule has 0 fully saturated rings. The van der Waals surface area contributed by atoms with Crippen molar-refractivity contribution in [1.29, 1.82) is 0 Å². The van der Waals surface area contributed by atoms with Crippen LogP contribution in [0.4, 0.5) is 10.5 Å². The van der Waals surface area contributed by atoms with E-state index in [1.165, 1.54) is 18.9 Å². The summed E-state index contributed by atoms with van der Waals surface area (Å²) < 4.78 is 4.87. The van der Waals surface area contributed by atoms with Crippen LogP contribution in [0.2, 0.25) is 0 Å². The van der Waals surface area contributed by atoms with Gasteiger partial charge in [0, 0.05) is 5.69 Å². The third kappa shape index (κ3) is 4.54. The smallest absolute Gasteiger partial charge is 0.321 e. The lowest BCUT2D eigenvalue weighted by Crippen LogP contribution is -2.44. The van der Waals surface area contributed by atoms with Gasteiger partial charge in [-0.3, -0.25) is 4.79 Å². The number of aryl methyl sites for hydroxylation is 1. The number of hydrogen-bond acceptors (Lipinski definition) is 4. The second-order valence-electron chi connectivity index (χ2n) is 6.83. The van der Waals surface area contributed by atoms with E-state index in [2.05, 4.69) is 31.4 Å². The number of benzene rings is 1. The molecule has 1 heterocycles. The van der Waals surface area contributed by atoms with Gasteiger partial charge in [-0.15, -0.1) is 11.8 Å². The summed E-state index contributed by atoms with van der Waals surface area (Å²) in [4.78, 5) is 25.3. The van der Waals surface area contributed by atoms with Gasteiger partial charge in [-0.05, 0) is 29.4 Å². The van der Waals surface area contributed by atoms with Gasteiger partial charge in [-0.2, -0.15) is 0 Å². The molecule has 6 heteroatoms. The van der Waals surface area contributed by atoms with Crippen LogP contribution in [0.25, 0.3) is 0 Å². The van der Waals surface area contributed by atoms with E-state index >= 15 is 0 Å². The predicted molar refractivity (Wildman–Crippen MR) is 98.1 cm³/mol. The molecule has 2 unspecified atom stereocenters. The summed E-state index contributed by atoms with van der Waals surface area (Å²) in [6, 6.07) is 6.79. The molecule has 0 aromatic heterocycles. The molecule has 1 aliphatic rings. The fraction of sp³-hybridized carbons (Fsp3) is 0.444. The van der Waals surface area contributed by atoms with Crippen LogP contribution >= 0.6 is 11.8 Å². The third-order valence-electron chi connectivity index (χ3n) is 3.69. The van der Waals surface area contributed by atoms with E-state index in [4.69, 9.17) is 4.74 Å². The SMILES string of the molecule is COC(=O)C1SC(C(C)(C)C)=CC1NC(=O)Nc1ccc(C)cc1. The quantitative estimate of drug-likeness (QED) is 0.817. The number of ether oxygens (including phenoxy) is 1. The van der Waals surface area contributed by atoms with E-state index in [1.807, 2.05) is 37.3 Å². The lowest BCUT2D eigenvalue weighted by Gasteiger charge is -2.20. The van der Waals surface area contributed by atoms with Crippen molar-refractivity contribution < 1.29 is 14.3 Å². The maximum absolute atomic E-state index is 12.3. The summed E-state index contributed by atoms with van der Waals surface area (Å²) in [5.74, 6) is -0.337.